The van der Waals surface area contributed by atoms with Crippen LogP contribution in [0.2, 0.25) is 0 Å². The van der Waals surface area contributed by atoms with E-state index in [1.165, 1.54) is 12.1 Å². The highest BCUT2D eigenvalue weighted by Crippen LogP contribution is 2.39. The lowest BCUT2D eigenvalue weighted by Crippen LogP contribution is -2.27. The molecule has 1 N–H and O–H groups in total. The number of nitrogens with zero attached hydrogens (tertiary/aromatic N) is 1. The molecule has 0 aliphatic carbocycles. The first-order chi connectivity index (χ1) is 10.9. The summed E-state index contributed by atoms with van der Waals surface area (Å²) < 4.78 is 49.3. The molecule has 0 saturated carbocycles. The quantitative estimate of drug-likeness (QED) is 0.682. The van der Waals surface area contributed by atoms with Crippen LogP contribution in [0.4, 0.5) is 18.9 Å². The van der Waals surface area contributed by atoms with Gasteiger partial charge in [-0.2, -0.15) is 13.2 Å². The van der Waals surface area contributed by atoms with Gasteiger partial charge >= 0.3 is 13.3 Å². The van der Waals surface area contributed by atoms with Gasteiger partial charge in [-0.05, 0) is 35.3 Å². The summed E-state index contributed by atoms with van der Waals surface area (Å²) in [5.74, 6) is 0.300. The molecule has 0 saturated heterocycles. The Morgan fingerprint density at radius 2 is 1.87 bits per heavy atom. The van der Waals surface area contributed by atoms with E-state index in [4.69, 9.17) is 16.0 Å². The van der Waals surface area contributed by atoms with E-state index in [1.54, 1.807) is 12.1 Å². The molecule has 0 spiro atoms. The van der Waals surface area contributed by atoms with E-state index >= 15 is 0 Å². The average molecular weight is 319 g/mol. The fourth-order valence-electron chi connectivity index (χ4n) is 2.31. The molecular weight excluding hydrogens is 310 g/mol. The number of rotatable bonds is 2. The summed E-state index contributed by atoms with van der Waals surface area (Å²) in [6.45, 7) is 7.01. The normalized spacial score (nSPS) is 13.6. The minimum atomic E-state index is -4.63. The largest absolute Gasteiger partial charge is 0.491 e. The lowest BCUT2D eigenvalue weighted by Gasteiger charge is -2.12. The molecule has 0 radical (unpaired) electrons. The molecule has 116 valence electrons. The Bertz CT molecular complexity index is 802. The van der Waals surface area contributed by atoms with Crippen molar-refractivity contribution in [3.8, 4) is 11.5 Å². The number of ether oxygens (including phenoxy) is 1. The molecule has 1 heterocycles. The minimum Gasteiger partial charge on any atom is -0.457 e. The second-order valence-electron chi connectivity index (χ2n) is 4.91. The zero-order valence-electron chi connectivity index (χ0n) is 11.6. The van der Waals surface area contributed by atoms with Crippen molar-refractivity contribution < 1.29 is 27.6 Å². The smallest absolute Gasteiger partial charge is 0.457 e. The van der Waals surface area contributed by atoms with Crippen molar-refractivity contribution >= 4 is 18.3 Å². The zero-order chi connectivity index (χ0) is 16.6. The highest BCUT2D eigenvalue weighted by atomic mass is 19.4. The van der Waals surface area contributed by atoms with Gasteiger partial charge in [0.25, 0.3) is 0 Å². The van der Waals surface area contributed by atoms with Crippen LogP contribution in [0.5, 0.6) is 11.5 Å². The highest BCUT2D eigenvalue weighted by Gasteiger charge is 2.34. The van der Waals surface area contributed by atoms with E-state index in [0.29, 0.717) is 16.8 Å². The van der Waals surface area contributed by atoms with Crippen LogP contribution in [0.1, 0.15) is 11.1 Å². The maximum absolute atomic E-state index is 12.9. The summed E-state index contributed by atoms with van der Waals surface area (Å²) in [6.07, 6.45) is -4.63. The van der Waals surface area contributed by atoms with E-state index in [0.717, 1.165) is 12.1 Å². The molecular formula is C15H9BF3NO3. The zero-order valence-corrected chi connectivity index (χ0v) is 11.6. The molecule has 0 fully saturated rings. The van der Waals surface area contributed by atoms with Crippen LogP contribution in [0.15, 0.2) is 36.4 Å². The fourth-order valence-corrected chi connectivity index (χ4v) is 2.31. The molecule has 0 bridgehead atoms. The number of fused-ring (bicyclic) bond motifs is 1. The third kappa shape index (κ3) is 3.02. The molecule has 2 aromatic carbocycles. The van der Waals surface area contributed by atoms with Crippen molar-refractivity contribution in [1.82, 2.24) is 0 Å². The second kappa shape index (κ2) is 5.61. The topological polar surface area (TPSA) is 43.0 Å². The summed E-state index contributed by atoms with van der Waals surface area (Å²) in [4.78, 5) is 2.87. The number of halogens is 3. The van der Waals surface area contributed by atoms with Gasteiger partial charge in [0.05, 0.1) is 18.7 Å². The van der Waals surface area contributed by atoms with Gasteiger partial charge in [0.15, 0.2) is 5.69 Å². The van der Waals surface area contributed by atoms with Crippen LogP contribution in [0, 0.1) is 6.57 Å². The van der Waals surface area contributed by atoms with Gasteiger partial charge in [0.2, 0.25) is 0 Å². The van der Waals surface area contributed by atoms with E-state index in [9.17, 15) is 18.2 Å². The Morgan fingerprint density at radius 3 is 2.57 bits per heavy atom. The molecule has 0 amide bonds. The summed E-state index contributed by atoms with van der Waals surface area (Å²) in [5, 5.41) is 9.53. The van der Waals surface area contributed by atoms with E-state index in [-0.39, 0.29) is 12.4 Å². The van der Waals surface area contributed by atoms with Crippen molar-refractivity contribution in [3.05, 3.63) is 58.9 Å². The van der Waals surface area contributed by atoms with Gasteiger partial charge < -0.3 is 14.4 Å². The van der Waals surface area contributed by atoms with Gasteiger partial charge in [-0.3, -0.25) is 0 Å². The minimum absolute atomic E-state index is 0.0239. The maximum atomic E-state index is 12.9. The number of hydrogen-bond acceptors (Lipinski definition) is 3. The van der Waals surface area contributed by atoms with Crippen molar-refractivity contribution in [2.45, 2.75) is 12.8 Å². The first-order valence-electron chi connectivity index (χ1n) is 6.57. The number of hydrogen-bond donors (Lipinski definition) is 1. The second-order valence-corrected chi connectivity index (χ2v) is 4.91. The lowest BCUT2D eigenvalue weighted by molar-refractivity contribution is -0.136. The Labute approximate surface area is 130 Å². The SMILES string of the molecule is [C-]#[N+]c1ccc(Oc2ccc3c(c2)COB3O)cc1C(F)(F)F. The molecule has 2 aromatic rings. The van der Waals surface area contributed by atoms with Gasteiger partial charge in [-0.1, -0.05) is 12.1 Å². The predicted molar refractivity (Wildman–Crippen MR) is 76.6 cm³/mol. The molecule has 1 aliphatic rings. The first kappa shape index (κ1) is 15.4. The summed E-state index contributed by atoms with van der Waals surface area (Å²) >= 11 is 0. The summed E-state index contributed by atoms with van der Waals surface area (Å²) in [5.41, 5.74) is -0.194. The van der Waals surface area contributed by atoms with Gasteiger partial charge in [0.1, 0.15) is 11.5 Å². The van der Waals surface area contributed by atoms with Crippen LogP contribution in [-0.4, -0.2) is 12.1 Å². The summed E-state index contributed by atoms with van der Waals surface area (Å²) in [6, 6.07) is 7.91. The Hall–Kier alpha value is -2.50. The molecule has 0 atom stereocenters. The third-order valence-corrected chi connectivity index (χ3v) is 3.41. The fraction of sp³-hybridized carbons (Fsp3) is 0.133. The van der Waals surface area contributed by atoms with Crippen molar-refractivity contribution in [2.24, 2.45) is 0 Å². The lowest BCUT2D eigenvalue weighted by atomic mass is 9.80. The third-order valence-electron chi connectivity index (χ3n) is 3.41. The van der Waals surface area contributed by atoms with Crippen LogP contribution < -0.4 is 10.2 Å². The molecule has 0 unspecified atom stereocenters. The van der Waals surface area contributed by atoms with Gasteiger partial charge in [-0.25, -0.2) is 4.85 Å². The summed E-state index contributed by atoms with van der Waals surface area (Å²) in [7, 11) is -0.992. The van der Waals surface area contributed by atoms with Crippen LogP contribution in [-0.2, 0) is 17.4 Å². The van der Waals surface area contributed by atoms with Gasteiger partial charge in [-0.15, -0.1) is 0 Å². The van der Waals surface area contributed by atoms with Crippen LogP contribution in [0.25, 0.3) is 4.85 Å². The average Bonchev–Trinajstić information content (AvgIpc) is 2.87. The molecule has 23 heavy (non-hydrogen) atoms. The number of benzene rings is 2. The predicted octanol–water partition coefficient (Wildman–Crippen LogP) is 3.27. The molecule has 1 aliphatic heterocycles. The maximum Gasteiger partial charge on any atom is 0.491 e. The van der Waals surface area contributed by atoms with Crippen LogP contribution >= 0.6 is 0 Å². The molecule has 3 rings (SSSR count). The number of alkyl halides is 3. The highest BCUT2D eigenvalue weighted by molar-refractivity contribution is 6.61. The van der Waals surface area contributed by atoms with Crippen molar-refractivity contribution in [3.63, 3.8) is 0 Å². The van der Waals surface area contributed by atoms with E-state index in [1.807, 2.05) is 0 Å². The van der Waals surface area contributed by atoms with E-state index in [2.05, 4.69) is 4.85 Å². The van der Waals surface area contributed by atoms with E-state index < -0.39 is 24.5 Å². The van der Waals surface area contributed by atoms with Crippen molar-refractivity contribution in [1.29, 1.82) is 0 Å². The van der Waals surface area contributed by atoms with Gasteiger partial charge in [0, 0.05) is 0 Å². The Kier molecular flexibility index (Phi) is 3.76. The first-order valence-corrected chi connectivity index (χ1v) is 6.57. The molecule has 0 aromatic heterocycles. The molecule has 4 nitrogen and oxygen atoms in total. The van der Waals surface area contributed by atoms with Crippen LogP contribution in [0.3, 0.4) is 0 Å². The molecule has 8 heteroatoms. The van der Waals surface area contributed by atoms with Crippen molar-refractivity contribution in [2.75, 3.05) is 0 Å². The Morgan fingerprint density at radius 1 is 1.17 bits per heavy atom. The standard InChI is InChI=1S/C15H9BF3NO3/c1-20-14-5-3-11(7-12(14)15(17,18)19)23-10-2-4-13-9(6-10)8-22-16(13)21/h2-7,21H,8H2. The monoisotopic (exact) mass is 319 g/mol. The Balaban J connectivity index is 1.91.